The zero-order chi connectivity index (χ0) is 25.0. The number of hydrogen-bond acceptors (Lipinski definition) is 5. The van der Waals surface area contributed by atoms with Crippen LogP contribution in [0.4, 0.5) is 14.9 Å². The van der Waals surface area contributed by atoms with E-state index in [1.165, 1.54) is 12.1 Å². The second-order valence-corrected chi connectivity index (χ2v) is 10.0. The Labute approximate surface area is 206 Å². The summed E-state index contributed by atoms with van der Waals surface area (Å²) in [7, 11) is 1.62. The third-order valence-corrected chi connectivity index (χ3v) is 6.15. The molecule has 0 bridgehead atoms. The molecule has 0 aromatic heterocycles. The molecule has 3 rings (SSSR count). The second kappa shape index (κ2) is 10.8. The molecule has 1 heterocycles. The lowest BCUT2D eigenvalue weighted by Gasteiger charge is -2.32. The van der Waals surface area contributed by atoms with E-state index in [9.17, 15) is 9.18 Å². The molecule has 0 spiro atoms. The highest BCUT2D eigenvalue weighted by atomic mass is 35.5. The number of anilines is 1. The molecule has 34 heavy (non-hydrogen) atoms. The van der Waals surface area contributed by atoms with E-state index in [0.29, 0.717) is 22.7 Å². The van der Waals surface area contributed by atoms with E-state index >= 15 is 0 Å². The highest BCUT2D eigenvalue weighted by molar-refractivity contribution is 6.32. The Balaban J connectivity index is 1.81. The van der Waals surface area contributed by atoms with E-state index in [4.69, 9.17) is 25.8 Å². The topological polar surface area (TPSA) is 60.0 Å². The molecule has 0 unspecified atom stereocenters. The van der Waals surface area contributed by atoms with Crippen LogP contribution in [0.3, 0.4) is 0 Å². The zero-order valence-electron chi connectivity index (χ0n) is 20.7. The van der Waals surface area contributed by atoms with Crippen molar-refractivity contribution in [2.45, 2.75) is 64.8 Å². The lowest BCUT2D eigenvalue weighted by atomic mass is 9.99. The summed E-state index contributed by atoms with van der Waals surface area (Å²) in [6, 6.07) is 10.1. The molecule has 8 heteroatoms. The van der Waals surface area contributed by atoms with Gasteiger partial charge in [-0.2, -0.15) is 0 Å². The molecule has 1 saturated heterocycles. The molecule has 2 aromatic carbocycles. The molecule has 186 valence electrons. The lowest BCUT2D eigenvalue weighted by molar-refractivity contribution is 0.0246. The standard InChI is InChI=1S/C26H34ClFN2O4/c1-16-13-18(28)14-21(23(16)27)24-22(33-15-17(2)29-25(31)34-26(3,4)5)11-12-30(24)19-7-9-20(32-6)10-8-19/h7-10,13-14,17,22,24H,11-12,15H2,1-6H3,(H,29,31)/t17-,22-,24-/m1/s1. The van der Waals surface area contributed by atoms with Crippen molar-refractivity contribution in [2.24, 2.45) is 0 Å². The van der Waals surface area contributed by atoms with Gasteiger partial charge in [-0.05, 0) is 88.6 Å². The number of benzene rings is 2. The average Bonchev–Trinajstić information content (AvgIpc) is 3.17. The first-order chi connectivity index (χ1) is 16.0. The van der Waals surface area contributed by atoms with Gasteiger partial charge in [-0.1, -0.05) is 11.6 Å². The Morgan fingerprint density at radius 1 is 1.26 bits per heavy atom. The Bertz CT molecular complexity index is 994. The lowest BCUT2D eigenvalue weighted by Crippen LogP contribution is -2.41. The number of aryl methyl sites for hydroxylation is 1. The van der Waals surface area contributed by atoms with E-state index in [2.05, 4.69) is 10.2 Å². The Morgan fingerprint density at radius 3 is 2.56 bits per heavy atom. The molecule has 0 radical (unpaired) electrons. The summed E-state index contributed by atoms with van der Waals surface area (Å²) in [5.74, 6) is 0.422. The number of alkyl carbamates (subject to hydrolysis) is 1. The van der Waals surface area contributed by atoms with Crippen LogP contribution in [0.1, 0.15) is 51.3 Å². The van der Waals surface area contributed by atoms with Gasteiger partial charge >= 0.3 is 6.09 Å². The molecule has 1 N–H and O–H groups in total. The molecule has 0 saturated carbocycles. The van der Waals surface area contributed by atoms with Crippen LogP contribution in [0.2, 0.25) is 5.02 Å². The summed E-state index contributed by atoms with van der Waals surface area (Å²) in [5.41, 5.74) is 1.75. The number of halogens is 2. The van der Waals surface area contributed by atoms with E-state index in [1.54, 1.807) is 14.0 Å². The van der Waals surface area contributed by atoms with Crippen molar-refractivity contribution >= 4 is 23.4 Å². The van der Waals surface area contributed by atoms with Gasteiger partial charge in [0.1, 0.15) is 17.2 Å². The number of carbonyl (C=O) groups is 1. The van der Waals surface area contributed by atoms with Crippen molar-refractivity contribution in [2.75, 3.05) is 25.2 Å². The first kappa shape index (κ1) is 26.1. The fourth-order valence-corrected chi connectivity index (χ4v) is 4.38. The van der Waals surface area contributed by atoms with Gasteiger partial charge in [0.25, 0.3) is 0 Å². The molecule has 2 aromatic rings. The Hall–Kier alpha value is -2.51. The summed E-state index contributed by atoms with van der Waals surface area (Å²) in [6.45, 7) is 10.1. The number of amides is 1. The first-order valence-electron chi connectivity index (χ1n) is 11.5. The zero-order valence-corrected chi connectivity index (χ0v) is 21.4. The van der Waals surface area contributed by atoms with E-state index < -0.39 is 11.7 Å². The van der Waals surface area contributed by atoms with Crippen LogP contribution in [0.15, 0.2) is 36.4 Å². The molecule has 1 aliphatic heterocycles. The summed E-state index contributed by atoms with van der Waals surface area (Å²) >= 11 is 6.66. The molecular weight excluding hydrogens is 459 g/mol. The van der Waals surface area contributed by atoms with Gasteiger partial charge in [0, 0.05) is 17.3 Å². The second-order valence-electron chi connectivity index (χ2n) is 9.67. The number of rotatable bonds is 7. The van der Waals surface area contributed by atoms with Crippen molar-refractivity contribution in [3.8, 4) is 5.75 Å². The maximum atomic E-state index is 14.4. The minimum Gasteiger partial charge on any atom is -0.497 e. The van der Waals surface area contributed by atoms with Gasteiger partial charge < -0.3 is 24.4 Å². The number of methoxy groups -OCH3 is 1. The summed E-state index contributed by atoms with van der Waals surface area (Å²) < 4.78 is 31.3. The SMILES string of the molecule is COc1ccc(N2CC[C@@H](OC[C@@H](C)NC(=O)OC(C)(C)C)[C@H]2c2cc(F)cc(C)c2Cl)cc1. The van der Waals surface area contributed by atoms with Gasteiger partial charge in [0.05, 0.1) is 31.9 Å². The minimum atomic E-state index is -0.577. The molecule has 1 fully saturated rings. The monoisotopic (exact) mass is 492 g/mol. The highest BCUT2D eigenvalue weighted by Crippen LogP contribution is 2.42. The van der Waals surface area contributed by atoms with Gasteiger partial charge in [-0.3, -0.25) is 0 Å². The van der Waals surface area contributed by atoms with E-state index in [0.717, 1.165) is 17.9 Å². The predicted molar refractivity (Wildman–Crippen MR) is 132 cm³/mol. The first-order valence-corrected chi connectivity index (χ1v) is 11.8. The number of ether oxygens (including phenoxy) is 3. The third kappa shape index (κ3) is 6.54. The Kier molecular flexibility index (Phi) is 8.31. The summed E-state index contributed by atoms with van der Waals surface area (Å²) in [5, 5.41) is 3.33. The summed E-state index contributed by atoms with van der Waals surface area (Å²) in [4.78, 5) is 14.3. The van der Waals surface area contributed by atoms with Crippen LogP contribution in [0.25, 0.3) is 0 Å². The molecule has 1 amide bonds. The van der Waals surface area contributed by atoms with Crippen LogP contribution in [-0.2, 0) is 9.47 Å². The third-order valence-electron chi connectivity index (χ3n) is 5.64. The van der Waals surface area contributed by atoms with E-state index in [-0.39, 0.29) is 30.6 Å². The fourth-order valence-electron chi connectivity index (χ4n) is 4.16. The van der Waals surface area contributed by atoms with Crippen LogP contribution >= 0.6 is 11.6 Å². The van der Waals surface area contributed by atoms with Crippen molar-refractivity contribution in [1.82, 2.24) is 5.32 Å². The summed E-state index contributed by atoms with van der Waals surface area (Å²) in [6.07, 6.45) is -0.0132. The van der Waals surface area contributed by atoms with Gasteiger partial charge in [0.2, 0.25) is 0 Å². The smallest absolute Gasteiger partial charge is 0.407 e. The van der Waals surface area contributed by atoms with Gasteiger partial charge in [-0.25, -0.2) is 9.18 Å². The Morgan fingerprint density at radius 2 is 1.94 bits per heavy atom. The molecular formula is C26H34ClFN2O4. The van der Waals surface area contributed by atoms with Crippen LogP contribution in [0.5, 0.6) is 5.75 Å². The normalized spacial score (nSPS) is 19.1. The molecule has 0 aliphatic carbocycles. The van der Waals surface area contributed by atoms with Crippen molar-refractivity contribution in [1.29, 1.82) is 0 Å². The van der Waals surface area contributed by atoms with Crippen molar-refractivity contribution < 1.29 is 23.4 Å². The highest BCUT2D eigenvalue weighted by Gasteiger charge is 2.38. The minimum absolute atomic E-state index is 0.247. The number of hydrogen-bond donors (Lipinski definition) is 1. The van der Waals surface area contributed by atoms with Crippen molar-refractivity contribution in [3.05, 3.63) is 58.4 Å². The molecule has 3 atom stereocenters. The maximum absolute atomic E-state index is 14.4. The molecule has 6 nitrogen and oxygen atoms in total. The quantitative estimate of drug-likeness (QED) is 0.510. The van der Waals surface area contributed by atoms with E-state index in [1.807, 2.05) is 52.0 Å². The maximum Gasteiger partial charge on any atom is 0.407 e. The fraction of sp³-hybridized carbons (Fsp3) is 0.500. The predicted octanol–water partition coefficient (Wildman–Crippen LogP) is 6.05. The number of nitrogens with one attached hydrogen (secondary N) is 1. The number of nitrogens with zero attached hydrogens (tertiary/aromatic N) is 1. The average molecular weight is 493 g/mol. The van der Waals surface area contributed by atoms with Crippen LogP contribution in [0, 0.1) is 12.7 Å². The van der Waals surface area contributed by atoms with Gasteiger partial charge in [0.15, 0.2) is 0 Å². The van der Waals surface area contributed by atoms with Gasteiger partial charge in [-0.15, -0.1) is 0 Å². The molecule has 1 aliphatic rings. The van der Waals surface area contributed by atoms with Crippen LogP contribution < -0.4 is 15.0 Å². The van der Waals surface area contributed by atoms with Crippen molar-refractivity contribution in [3.63, 3.8) is 0 Å². The largest absolute Gasteiger partial charge is 0.497 e. The number of carbonyl (C=O) groups excluding carboxylic acids is 1. The van der Waals surface area contributed by atoms with Crippen LogP contribution in [-0.4, -0.2) is 44.1 Å².